The summed E-state index contributed by atoms with van der Waals surface area (Å²) in [7, 11) is 1.61. The van der Waals surface area contributed by atoms with E-state index in [2.05, 4.69) is 4.98 Å². The Morgan fingerprint density at radius 1 is 1.32 bits per heavy atom. The summed E-state index contributed by atoms with van der Waals surface area (Å²) in [5, 5.41) is 2.47. The lowest BCUT2D eigenvalue weighted by atomic mass is 10.0. The first-order chi connectivity index (χ1) is 11.9. The second kappa shape index (κ2) is 6.68. The number of primary amides is 1. The van der Waals surface area contributed by atoms with Crippen molar-refractivity contribution in [3.63, 3.8) is 0 Å². The summed E-state index contributed by atoms with van der Waals surface area (Å²) in [4.78, 5) is 29.3. The number of benzene rings is 1. The van der Waals surface area contributed by atoms with E-state index in [1.807, 2.05) is 30.5 Å². The fraction of sp³-hybridized carbons (Fsp3) is 0.278. The Morgan fingerprint density at radius 2 is 2.08 bits per heavy atom. The number of nitrogens with zero attached hydrogens (tertiary/aromatic N) is 2. The second-order valence-electron chi connectivity index (χ2n) is 5.87. The molecule has 0 saturated heterocycles. The van der Waals surface area contributed by atoms with Gasteiger partial charge < -0.3 is 10.5 Å². The van der Waals surface area contributed by atoms with Gasteiger partial charge in [-0.05, 0) is 26.0 Å². The third-order valence-corrected chi connectivity index (χ3v) is 4.98. The minimum absolute atomic E-state index is 0.0984. The fourth-order valence-electron chi connectivity index (χ4n) is 2.84. The molecule has 130 valence electrons. The Balaban J connectivity index is 2.25. The van der Waals surface area contributed by atoms with Crippen molar-refractivity contribution in [1.82, 2.24) is 9.55 Å². The van der Waals surface area contributed by atoms with E-state index in [0.717, 1.165) is 16.7 Å². The van der Waals surface area contributed by atoms with Gasteiger partial charge in [-0.2, -0.15) is 0 Å². The van der Waals surface area contributed by atoms with Crippen molar-refractivity contribution in [3.05, 3.63) is 45.3 Å². The third kappa shape index (κ3) is 3.15. The molecule has 1 amide bonds. The lowest BCUT2D eigenvalue weighted by Crippen LogP contribution is -2.26. The summed E-state index contributed by atoms with van der Waals surface area (Å²) in [6.45, 7) is 3.97. The smallest absolute Gasteiger partial charge is 0.262 e. The van der Waals surface area contributed by atoms with Gasteiger partial charge in [-0.3, -0.25) is 14.2 Å². The number of amides is 1. The standard InChI is InChI=1S/C18H19N3O3S/c1-10-4-5-14(24-3)12(8-10)13-9-25-17-16(13)18(23)21(11(2)20-17)7-6-15(19)22/h4-5,8-9H,6-7H2,1-3H3,(H2,19,22). The molecule has 0 unspecified atom stereocenters. The summed E-state index contributed by atoms with van der Waals surface area (Å²) < 4.78 is 6.97. The van der Waals surface area contributed by atoms with Crippen LogP contribution in [-0.2, 0) is 11.3 Å². The molecule has 7 heteroatoms. The van der Waals surface area contributed by atoms with Crippen LogP contribution in [0, 0.1) is 13.8 Å². The molecule has 0 aliphatic carbocycles. The van der Waals surface area contributed by atoms with Gasteiger partial charge >= 0.3 is 0 Å². The Hall–Kier alpha value is -2.67. The number of carbonyl (C=O) groups is 1. The zero-order chi connectivity index (χ0) is 18.1. The number of fused-ring (bicyclic) bond motifs is 1. The van der Waals surface area contributed by atoms with Crippen LogP contribution in [0.2, 0.25) is 0 Å². The minimum Gasteiger partial charge on any atom is -0.496 e. The second-order valence-corrected chi connectivity index (χ2v) is 6.72. The Kier molecular flexibility index (Phi) is 4.59. The number of aromatic nitrogens is 2. The normalized spacial score (nSPS) is 11.0. The molecule has 3 aromatic rings. The molecule has 0 aliphatic heterocycles. The maximum absolute atomic E-state index is 13.0. The van der Waals surface area contributed by atoms with Crippen molar-refractivity contribution >= 4 is 27.5 Å². The first kappa shape index (κ1) is 17.2. The Bertz CT molecular complexity index is 1020. The average molecular weight is 357 g/mol. The molecule has 3 rings (SSSR count). The number of ether oxygens (including phenoxy) is 1. The number of thiophene rings is 1. The van der Waals surface area contributed by atoms with E-state index in [1.165, 1.54) is 15.9 Å². The maximum atomic E-state index is 13.0. The van der Waals surface area contributed by atoms with Crippen molar-refractivity contribution in [3.8, 4) is 16.9 Å². The van der Waals surface area contributed by atoms with Crippen LogP contribution in [0.1, 0.15) is 17.8 Å². The number of aryl methyl sites for hydroxylation is 2. The van der Waals surface area contributed by atoms with Crippen LogP contribution in [0.15, 0.2) is 28.4 Å². The van der Waals surface area contributed by atoms with Crippen LogP contribution < -0.4 is 16.0 Å². The van der Waals surface area contributed by atoms with Crippen LogP contribution in [0.4, 0.5) is 0 Å². The summed E-state index contributed by atoms with van der Waals surface area (Å²) in [6.07, 6.45) is 0.0984. The third-order valence-electron chi connectivity index (χ3n) is 4.11. The van der Waals surface area contributed by atoms with Crippen LogP contribution >= 0.6 is 11.3 Å². The molecule has 2 heterocycles. The highest BCUT2D eigenvalue weighted by atomic mass is 32.1. The number of nitrogens with two attached hydrogens (primary N) is 1. The molecule has 6 nitrogen and oxygen atoms in total. The van der Waals surface area contributed by atoms with Gasteiger partial charge in [-0.25, -0.2) is 4.98 Å². The molecular formula is C18H19N3O3S. The summed E-state index contributed by atoms with van der Waals surface area (Å²) in [5.41, 5.74) is 7.79. The molecule has 0 fully saturated rings. The first-order valence-electron chi connectivity index (χ1n) is 7.84. The Labute approximate surface area is 148 Å². The molecular weight excluding hydrogens is 338 g/mol. The molecule has 1 aromatic carbocycles. The van der Waals surface area contributed by atoms with Gasteiger partial charge in [-0.1, -0.05) is 11.6 Å². The number of hydrogen-bond donors (Lipinski definition) is 1. The monoisotopic (exact) mass is 357 g/mol. The minimum atomic E-state index is -0.447. The highest BCUT2D eigenvalue weighted by Crippen LogP contribution is 2.37. The van der Waals surface area contributed by atoms with Crippen molar-refractivity contribution in [2.24, 2.45) is 5.73 Å². The average Bonchev–Trinajstić information content (AvgIpc) is 2.98. The molecule has 2 N–H and O–H groups in total. The van der Waals surface area contributed by atoms with Crippen LogP contribution in [-0.4, -0.2) is 22.6 Å². The van der Waals surface area contributed by atoms with Crippen LogP contribution in [0.5, 0.6) is 5.75 Å². The van der Waals surface area contributed by atoms with E-state index in [-0.39, 0.29) is 18.5 Å². The molecule has 25 heavy (non-hydrogen) atoms. The van der Waals surface area contributed by atoms with Crippen LogP contribution in [0.25, 0.3) is 21.3 Å². The van der Waals surface area contributed by atoms with E-state index in [4.69, 9.17) is 10.5 Å². The fourth-order valence-corrected chi connectivity index (χ4v) is 3.82. The van der Waals surface area contributed by atoms with Gasteiger partial charge in [0.1, 0.15) is 16.4 Å². The summed E-state index contributed by atoms with van der Waals surface area (Å²) in [5.74, 6) is 0.828. The van der Waals surface area contributed by atoms with Gasteiger partial charge in [0.25, 0.3) is 5.56 Å². The highest BCUT2D eigenvalue weighted by Gasteiger charge is 2.18. The van der Waals surface area contributed by atoms with E-state index in [1.54, 1.807) is 14.0 Å². The van der Waals surface area contributed by atoms with Gasteiger partial charge in [0.05, 0.1) is 12.5 Å². The maximum Gasteiger partial charge on any atom is 0.262 e. The highest BCUT2D eigenvalue weighted by molar-refractivity contribution is 7.17. The van der Waals surface area contributed by atoms with Gasteiger partial charge in [0, 0.05) is 29.5 Å². The van der Waals surface area contributed by atoms with Crippen LogP contribution in [0.3, 0.4) is 0 Å². The summed E-state index contributed by atoms with van der Waals surface area (Å²) >= 11 is 1.42. The molecule has 2 aromatic heterocycles. The molecule has 0 radical (unpaired) electrons. The van der Waals surface area contributed by atoms with Crippen molar-refractivity contribution < 1.29 is 9.53 Å². The predicted octanol–water partition coefficient (Wildman–Crippen LogP) is 2.63. The van der Waals surface area contributed by atoms with Crippen molar-refractivity contribution in [2.75, 3.05) is 7.11 Å². The zero-order valence-electron chi connectivity index (χ0n) is 14.3. The quantitative estimate of drug-likeness (QED) is 0.760. The summed E-state index contributed by atoms with van der Waals surface area (Å²) in [6, 6.07) is 5.85. The predicted molar refractivity (Wildman–Crippen MR) is 99.2 cm³/mol. The number of rotatable bonds is 5. The zero-order valence-corrected chi connectivity index (χ0v) is 15.1. The van der Waals surface area contributed by atoms with Gasteiger partial charge in [-0.15, -0.1) is 11.3 Å². The molecule has 0 bridgehead atoms. The largest absolute Gasteiger partial charge is 0.496 e. The van der Waals surface area contributed by atoms with E-state index < -0.39 is 5.91 Å². The molecule has 0 aliphatic rings. The van der Waals surface area contributed by atoms with Gasteiger partial charge in [0.2, 0.25) is 5.91 Å². The Morgan fingerprint density at radius 3 is 2.76 bits per heavy atom. The molecule has 0 atom stereocenters. The molecule has 0 spiro atoms. The lowest BCUT2D eigenvalue weighted by Gasteiger charge is -2.11. The van der Waals surface area contributed by atoms with Crippen molar-refractivity contribution in [2.45, 2.75) is 26.8 Å². The first-order valence-corrected chi connectivity index (χ1v) is 8.72. The lowest BCUT2D eigenvalue weighted by molar-refractivity contribution is -0.118. The van der Waals surface area contributed by atoms with Crippen molar-refractivity contribution in [1.29, 1.82) is 0 Å². The topological polar surface area (TPSA) is 87.2 Å². The number of carbonyl (C=O) groups excluding carboxylic acids is 1. The molecule has 0 saturated carbocycles. The van der Waals surface area contributed by atoms with E-state index in [9.17, 15) is 9.59 Å². The number of hydrogen-bond acceptors (Lipinski definition) is 5. The van der Waals surface area contributed by atoms with E-state index >= 15 is 0 Å². The van der Waals surface area contributed by atoms with Gasteiger partial charge in [0.15, 0.2) is 0 Å². The number of methoxy groups -OCH3 is 1. The van der Waals surface area contributed by atoms with E-state index in [0.29, 0.717) is 21.8 Å². The SMILES string of the molecule is COc1ccc(C)cc1-c1csc2nc(C)n(CCC(N)=O)c(=O)c12.